The fraction of sp³-hybridized carbons (Fsp3) is 0.200. The highest BCUT2D eigenvalue weighted by atomic mass is 16.2. The first-order valence-corrected chi connectivity index (χ1v) is 8.83. The molecule has 7 nitrogen and oxygen atoms in total. The highest BCUT2D eigenvalue weighted by Crippen LogP contribution is 2.22. The summed E-state index contributed by atoms with van der Waals surface area (Å²) in [7, 11) is 0. The molecule has 3 heterocycles. The van der Waals surface area contributed by atoms with Crippen molar-refractivity contribution in [2.24, 2.45) is 0 Å². The number of nitrogens with one attached hydrogen (secondary N) is 1. The van der Waals surface area contributed by atoms with E-state index in [4.69, 9.17) is 0 Å². The van der Waals surface area contributed by atoms with E-state index >= 15 is 0 Å². The second-order valence-electron chi connectivity index (χ2n) is 6.38. The summed E-state index contributed by atoms with van der Waals surface area (Å²) >= 11 is 0. The van der Waals surface area contributed by atoms with Crippen molar-refractivity contribution in [1.82, 2.24) is 14.8 Å². The molecule has 0 radical (unpaired) electrons. The SMILES string of the molecule is O=C(Nc1ccnn1Cc1ccncc1)c1cccc(N2CCCC2=O)c1. The number of benzene rings is 1. The van der Waals surface area contributed by atoms with Crippen molar-refractivity contribution in [3.8, 4) is 0 Å². The first-order valence-electron chi connectivity index (χ1n) is 8.83. The number of carbonyl (C=O) groups excluding carboxylic acids is 2. The van der Waals surface area contributed by atoms with Crippen molar-refractivity contribution < 1.29 is 9.59 Å². The number of hydrogen-bond acceptors (Lipinski definition) is 4. The van der Waals surface area contributed by atoms with Gasteiger partial charge in [-0.05, 0) is 42.3 Å². The normalized spacial score (nSPS) is 13.8. The van der Waals surface area contributed by atoms with Crippen LogP contribution < -0.4 is 10.2 Å². The minimum absolute atomic E-state index is 0.1000. The number of rotatable bonds is 5. The molecule has 136 valence electrons. The van der Waals surface area contributed by atoms with Crippen molar-refractivity contribution in [1.29, 1.82) is 0 Å². The third kappa shape index (κ3) is 3.72. The first-order chi connectivity index (χ1) is 13.2. The van der Waals surface area contributed by atoms with Gasteiger partial charge in [0.25, 0.3) is 5.91 Å². The zero-order valence-electron chi connectivity index (χ0n) is 14.7. The van der Waals surface area contributed by atoms with Gasteiger partial charge in [0.15, 0.2) is 0 Å². The van der Waals surface area contributed by atoms with E-state index < -0.39 is 0 Å². The zero-order chi connectivity index (χ0) is 18.6. The van der Waals surface area contributed by atoms with Crippen LogP contribution in [0.15, 0.2) is 61.1 Å². The van der Waals surface area contributed by atoms with E-state index in [-0.39, 0.29) is 11.8 Å². The molecule has 0 aliphatic carbocycles. The molecule has 2 aromatic heterocycles. The van der Waals surface area contributed by atoms with Gasteiger partial charge in [0.1, 0.15) is 5.82 Å². The highest BCUT2D eigenvalue weighted by Gasteiger charge is 2.22. The van der Waals surface area contributed by atoms with Gasteiger partial charge in [-0.15, -0.1) is 0 Å². The molecule has 0 bridgehead atoms. The van der Waals surface area contributed by atoms with Gasteiger partial charge in [0, 0.05) is 42.7 Å². The molecule has 1 saturated heterocycles. The molecule has 27 heavy (non-hydrogen) atoms. The molecule has 0 saturated carbocycles. The molecule has 1 N–H and O–H groups in total. The van der Waals surface area contributed by atoms with Crippen LogP contribution in [0.2, 0.25) is 0 Å². The van der Waals surface area contributed by atoms with Crippen molar-refractivity contribution in [2.75, 3.05) is 16.8 Å². The van der Waals surface area contributed by atoms with Crippen LogP contribution >= 0.6 is 0 Å². The van der Waals surface area contributed by atoms with Crippen LogP contribution in [0.5, 0.6) is 0 Å². The molecule has 1 fully saturated rings. The van der Waals surface area contributed by atoms with E-state index in [0.717, 1.165) is 17.7 Å². The van der Waals surface area contributed by atoms with E-state index in [1.54, 1.807) is 52.4 Å². The lowest BCUT2D eigenvalue weighted by atomic mass is 10.1. The maximum absolute atomic E-state index is 12.7. The van der Waals surface area contributed by atoms with Gasteiger partial charge >= 0.3 is 0 Å². The second kappa shape index (κ2) is 7.41. The zero-order valence-corrected chi connectivity index (χ0v) is 14.7. The van der Waals surface area contributed by atoms with Crippen LogP contribution in [0.3, 0.4) is 0 Å². The predicted octanol–water partition coefficient (Wildman–Crippen LogP) is 2.71. The van der Waals surface area contributed by atoms with Crippen molar-refractivity contribution >= 4 is 23.3 Å². The minimum Gasteiger partial charge on any atom is -0.312 e. The van der Waals surface area contributed by atoms with E-state index in [9.17, 15) is 9.59 Å². The Morgan fingerprint density at radius 1 is 1.11 bits per heavy atom. The number of carbonyl (C=O) groups is 2. The van der Waals surface area contributed by atoms with Gasteiger partial charge < -0.3 is 10.2 Å². The summed E-state index contributed by atoms with van der Waals surface area (Å²) in [5.74, 6) is 0.474. The van der Waals surface area contributed by atoms with Gasteiger partial charge in [-0.25, -0.2) is 4.68 Å². The number of amides is 2. The molecule has 1 aliphatic rings. The van der Waals surface area contributed by atoms with Crippen LogP contribution in [-0.4, -0.2) is 33.1 Å². The Morgan fingerprint density at radius 3 is 2.74 bits per heavy atom. The number of nitrogens with zero attached hydrogens (tertiary/aromatic N) is 4. The van der Waals surface area contributed by atoms with Crippen molar-refractivity contribution in [3.63, 3.8) is 0 Å². The monoisotopic (exact) mass is 361 g/mol. The summed E-state index contributed by atoms with van der Waals surface area (Å²) in [6.45, 7) is 1.23. The maximum atomic E-state index is 12.7. The summed E-state index contributed by atoms with van der Waals surface area (Å²) in [6.07, 6.45) is 6.51. The summed E-state index contributed by atoms with van der Waals surface area (Å²) in [6, 6.07) is 12.7. The topological polar surface area (TPSA) is 80.1 Å². The average molecular weight is 361 g/mol. The van der Waals surface area contributed by atoms with Crippen molar-refractivity contribution in [3.05, 3.63) is 72.2 Å². The van der Waals surface area contributed by atoms with Crippen LogP contribution in [0.1, 0.15) is 28.8 Å². The second-order valence-corrected chi connectivity index (χ2v) is 6.38. The third-order valence-corrected chi connectivity index (χ3v) is 4.53. The quantitative estimate of drug-likeness (QED) is 0.758. The lowest BCUT2D eigenvalue weighted by Gasteiger charge is -2.16. The molecular formula is C20H19N5O2. The summed E-state index contributed by atoms with van der Waals surface area (Å²) in [5.41, 5.74) is 2.30. The van der Waals surface area contributed by atoms with E-state index in [1.807, 2.05) is 18.2 Å². The van der Waals surface area contributed by atoms with Crippen LogP contribution in [0, 0.1) is 0 Å². The van der Waals surface area contributed by atoms with E-state index in [2.05, 4.69) is 15.4 Å². The van der Waals surface area contributed by atoms with Crippen LogP contribution in [0.25, 0.3) is 0 Å². The molecule has 2 amide bonds. The maximum Gasteiger partial charge on any atom is 0.256 e. The molecule has 0 unspecified atom stereocenters. The summed E-state index contributed by atoms with van der Waals surface area (Å²) < 4.78 is 1.72. The van der Waals surface area contributed by atoms with Gasteiger partial charge in [0.2, 0.25) is 5.91 Å². The molecule has 0 spiro atoms. The Kier molecular flexibility index (Phi) is 4.65. The van der Waals surface area contributed by atoms with Gasteiger partial charge in [0.05, 0.1) is 12.7 Å². The van der Waals surface area contributed by atoms with Gasteiger partial charge in [-0.3, -0.25) is 14.6 Å². The molecule has 0 atom stereocenters. The van der Waals surface area contributed by atoms with Crippen molar-refractivity contribution in [2.45, 2.75) is 19.4 Å². The number of hydrogen-bond donors (Lipinski definition) is 1. The van der Waals surface area contributed by atoms with E-state index in [1.165, 1.54) is 0 Å². The molecular weight excluding hydrogens is 342 g/mol. The van der Waals surface area contributed by atoms with Gasteiger partial charge in [-0.1, -0.05) is 6.07 Å². The Morgan fingerprint density at radius 2 is 1.96 bits per heavy atom. The molecule has 1 aliphatic heterocycles. The molecule has 7 heteroatoms. The van der Waals surface area contributed by atoms with Gasteiger partial charge in [-0.2, -0.15) is 5.10 Å². The van der Waals surface area contributed by atoms with E-state index in [0.29, 0.717) is 30.9 Å². The first kappa shape index (κ1) is 17.0. The smallest absolute Gasteiger partial charge is 0.256 e. The largest absolute Gasteiger partial charge is 0.312 e. The number of aromatic nitrogens is 3. The molecule has 4 rings (SSSR count). The molecule has 3 aromatic rings. The Bertz CT molecular complexity index is 967. The summed E-state index contributed by atoms with van der Waals surface area (Å²) in [5, 5.41) is 7.18. The minimum atomic E-state index is -0.236. The number of pyridine rings is 1. The Balaban J connectivity index is 1.50. The third-order valence-electron chi connectivity index (χ3n) is 4.53. The van der Waals surface area contributed by atoms with Crippen LogP contribution in [0.4, 0.5) is 11.5 Å². The summed E-state index contributed by atoms with van der Waals surface area (Å²) in [4.78, 5) is 30.4. The fourth-order valence-electron chi connectivity index (χ4n) is 3.15. The Labute approximate surface area is 156 Å². The lowest BCUT2D eigenvalue weighted by Crippen LogP contribution is -2.24. The van der Waals surface area contributed by atoms with Crippen LogP contribution in [-0.2, 0) is 11.3 Å². The highest BCUT2D eigenvalue weighted by molar-refractivity contribution is 6.05. The predicted molar refractivity (Wildman–Crippen MR) is 102 cm³/mol. The lowest BCUT2D eigenvalue weighted by molar-refractivity contribution is -0.117. The standard InChI is InChI=1S/C20H19N5O2/c26-19-5-2-12-24(19)17-4-1-3-16(13-17)20(27)23-18-8-11-22-25(18)14-15-6-9-21-10-7-15/h1,3-4,6-11,13H,2,5,12,14H2,(H,23,27). The average Bonchev–Trinajstić information content (AvgIpc) is 3.31. The molecule has 1 aromatic carbocycles. The number of anilines is 2. The Hall–Kier alpha value is -3.48. The fourth-order valence-corrected chi connectivity index (χ4v) is 3.15.